The third-order valence-electron chi connectivity index (χ3n) is 10.3. The minimum atomic E-state index is -2.70. The van der Waals surface area contributed by atoms with E-state index in [4.69, 9.17) is 0 Å². The van der Waals surface area contributed by atoms with Crippen molar-refractivity contribution in [1.82, 2.24) is 10.3 Å². The van der Waals surface area contributed by atoms with Gasteiger partial charge in [0.25, 0.3) is 5.92 Å². The van der Waals surface area contributed by atoms with Gasteiger partial charge < -0.3 is 15.4 Å². The average Bonchev–Trinajstić information content (AvgIpc) is 3.39. The second kappa shape index (κ2) is 9.39. The SMILES string of the molecule is Cc1cccc2c(CCNC(=O)CCC3CC(F)(F)[C@@]4(C)CCC5c6ccc(O)cc6CCC5C34)c[nH]c12. The van der Waals surface area contributed by atoms with Crippen molar-refractivity contribution < 1.29 is 18.7 Å². The molecule has 6 heteroatoms. The van der Waals surface area contributed by atoms with Crippen molar-refractivity contribution in [3.8, 4) is 5.75 Å². The zero-order valence-corrected chi connectivity index (χ0v) is 22.3. The number of para-hydroxylation sites is 1. The molecule has 2 aromatic carbocycles. The lowest BCUT2D eigenvalue weighted by Gasteiger charge is -2.51. The van der Waals surface area contributed by atoms with Crippen LogP contribution in [-0.4, -0.2) is 28.5 Å². The lowest BCUT2D eigenvalue weighted by molar-refractivity contribution is -0.133. The number of alkyl halides is 2. The molecule has 3 aromatic rings. The van der Waals surface area contributed by atoms with Crippen LogP contribution >= 0.6 is 0 Å². The fraction of sp³-hybridized carbons (Fsp3) is 0.531. The van der Waals surface area contributed by atoms with Crippen molar-refractivity contribution in [3.05, 3.63) is 64.8 Å². The first-order valence-corrected chi connectivity index (χ1v) is 14.2. The van der Waals surface area contributed by atoms with Crippen LogP contribution in [0.25, 0.3) is 10.9 Å². The first-order valence-electron chi connectivity index (χ1n) is 14.2. The van der Waals surface area contributed by atoms with Crippen LogP contribution in [0.15, 0.2) is 42.6 Å². The van der Waals surface area contributed by atoms with Crippen LogP contribution in [-0.2, 0) is 17.6 Å². The van der Waals surface area contributed by atoms with Gasteiger partial charge in [0.15, 0.2) is 0 Å². The number of hydrogen-bond acceptors (Lipinski definition) is 2. The highest BCUT2D eigenvalue weighted by molar-refractivity contribution is 5.86. The zero-order valence-electron chi connectivity index (χ0n) is 22.3. The van der Waals surface area contributed by atoms with Gasteiger partial charge in [-0.3, -0.25) is 4.79 Å². The number of aromatic nitrogens is 1. The van der Waals surface area contributed by atoms with E-state index in [0.29, 0.717) is 25.8 Å². The number of amides is 1. The Morgan fingerprint density at radius 1 is 1.21 bits per heavy atom. The van der Waals surface area contributed by atoms with Crippen LogP contribution in [0.4, 0.5) is 8.78 Å². The van der Waals surface area contributed by atoms with Crippen molar-refractivity contribution in [1.29, 1.82) is 0 Å². The summed E-state index contributed by atoms with van der Waals surface area (Å²) in [5, 5.41) is 14.2. The first-order chi connectivity index (χ1) is 18.2. The lowest BCUT2D eigenvalue weighted by atomic mass is 9.53. The molecule has 5 atom stereocenters. The molecule has 0 bridgehead atoms. The molecule has 1 heterocycles. The van der Waals surface area contributed by atoms with Crippen molar-refractivity contribution in [2.24, 2.45) is 23.2 Å². The molecule has 0 aliphatic heterocycles. The molecule has 38 heavy (non-hydrogen) atoms. The Hall–Kier alpha value is -2.89. The maximum Gasteiger partial charge on any atom is 0.253 e. The van der Waals surface area contributed by atoms with Gasteiger partial charge in [-0.05, 0) is 104 Å². The molecule has 6 rings (SSSR count). The summed E-state index contributed by atoms with van der Waals surface area (Å²) >= 11 is 0. The van der Waals surface area contributed by atoms with Crippen LogP contribution in [0.5, 0.6) is 5.75 Å². The van der Waals surface area contributed by atoms with Gasteiger partial charge >= 0.3 is 0 Å². The molecule has 0 radical (unpaired) electrons. The molecule has 0 spiro atoms. The van der Waals surface area contributed by atoms with E-state index in [1.54, 1.807) is 6.07 Å². The fourth-order valence-electron chi connectivity index (χ4n) is 8.40. The fourth-order valence-corrected chi connectivity index (χ4v) is 8.40. The van der Waals surface area contributed by atoms with E-state index >= 15 is 8.78 Å². The molecule has 0 saturated heterocycles. The van der Waals surface area contributed by atoms with Crippen LogP contribution in [0.1, 0.15) is 73.6 Å². The number of aromatic hydroxyl groups is 1. The van der Waals surface area contributed by atoms with Crippen LogP contribution in [0.3, 0.4) is 0 Å². The summed E-state index contributed by atoms with van der Waals surface area (Å²) in [4.78, 5) is 16.1. The number of halogens is 2. The van der Waals surface area contributed by atoms with E-state index in [1.165, 1.54) is 27.6 Å². The van der Waals surface area contributed by atoms with Gasteiger partial charge in [0.1, 0.15) is 5.75 Å². The summed E-state index contributed by atoms with van der Waals surface area (Å²) in [6.07, 6.45) is 6.42. The maximum absolute atomic E-state index is 15.5. The highest BCUT2D eigenvalue weighted by Gasteiger charge is 2.67. The molecule has 1 aromatic heterocycles. The predicted molar refractivity (Wildman–Crippen MR) is 146 cm³/mol. The number of aryl methyl sites for hydroxylation is 2. The Bertz CT molecular complexity index is 1360. The number of carbonyl (C=O) groups excluding carboxylic acids is 1. The number of hydrogen-bond donors (Lipinski definition) is 3. The standard InChI is InChI=1S/C32H38F2N2O2/c1-19-4-3-5-25-22(18-36-30(19)25)13-15-35-28(38)11-7-21-17-32(33,34)31(2)14-12-26-24-10-8-23(37)16-20(24)6-9-27(26)29(21)31/h3-5,8,10,16,18,21,26-27,29,36-37H,6-7,9,11-15,17H2,1-2H3,(H,35,38)/t21?,26?,27?,29?,31-/m0/s1. The number of aromatic amines is 1. The normalized spacial score (nSPS) is 29.5. The van der Waals surface area contributed by atoms with Crippen LogP contribution in [0.2, 0.25) is 0 Å². The Kier molecular flexibility index (Phi) is 6.27. The number of benzene rings is 2. The van der Waals surface area contributed by atoms with Gasteiger partial charge in [-0.15, -0.1) is 0 Å². The second-order valence-electron chi connectivity index (χ2n) is 12.3. The highest BCUT2D eigenvalue weighted by Crippen LogP contribution is 2.68. The molecular weight excluding hydrogens is 482 g/mol. The van der Waals surface area contributed by atoms with Gasteiger partial charge in [-0.2, -0.15) is 0 Å². The van der Waals surface area contributed by atoms with E-state index in [0.717, 1.165) is 31.2 Å². The molecule has 202 valence electrons. The summed E-state index contributed by atoms with van der Waals surface area (Å²) in [5.74, 6) is -2.23. The highest BCUT2D eigenvalue weighted by atomic mass is 19.3. The summed E-state index contributed by atoms with van der Waals surface area (Å²) in [5.41, 5.74) is 4.90. The van der Waals surface area contributed by atoms with E-state index < -0.39 is 11.3 Å². The molecule has 2 fully saturated rings. The van der Waals surface area contributed by atoms with Gasteiger partial charge in [0, 0.05) is 41.9 Å². The molecule has 3 N–H and O–H groups in total. The Morgan fingerprint density at radius 2 is 2.05 bits per heavy atom. The van der Waals surface area contributed by atoms with Crippen LogP contribution < -0.4 is 5.32 Å². The number of H-pyrrole nitrogens is 1. The molecule has 3 aliphatic rings. The van der Waals surface area contributed by atoms with Gasteiger partial charge in [0.2, 0.25) is 5.91 Å². The Labute approximate surface area is 223 Å². The number of phenols is 1. The van der Waals surface area contributed by atoms with Gasteiger partial charge in [0.05, 0.1) is 0 Å². The summed E-state index contributed by atoms with van der Waals surface area (Å²) in [7, 11) is 0. The Morgan fingerprint density at radius 3 is 2.89 bits per heavy atom. The molecule has 4 nitrogen and oxygen atoms in total. The first kappa shape index (κ1) is 25.4. The molecule has 1 amide bonds. The van der Waals surface area contributed by atoms with Crippen molar-refractivity contribution >= 4 is 16.8 Å². The smallest absolute Gasteiger partial charge is 0.253 e. The van der Waals surface area contributed by atoms with Gasteiger partial charge in [-0.1, -0.05) is 31.2 Å². The molecule has 3 aliphatic carbocycles. The summed E-state index contributed by atoms with van der Waals surface area (Å²) < 4.78 is 31.1. The number of fused-ring (bicyclic) bond motifs is 6. The minimum Gasteiger partial charge on any atom is -0.508 e. The van der Waals surface area contributed by atoms with E-state index in [2.05, 4.69) is 29.4 Å². The quantitative estimate of drug-likeness (QED) is 0.326. The maximum atomic E-state index is 15.5. The van der Waals surface area contributed by atoms with E-state index in [1.807, 2.05) is 31.3 Å². The monoisotopic (exact) mass is 520 g/mol. The number of rotatable bonds is 6. The van der Waals surface area contributed by atoms with E-state index in [-0.39, 0.29) is 41.7 Å². The zero-order chi connectivity index (χ0) is 26.7. The summed E-state index contributed by atoms with van der Waals surface area (Å²) in [6, 6.07) is 11.8. The second-order valence-corrected chi connectivity index (χ2v) is 12.3. The van der Waals surface area contributed by atoms with Crippen molar-refractivity contribution in [2.75, 3.05) is 6.54 Å². The topological polar surface area (TPSA) is 65.1 Å². The molecular formula is C32H38F2N2O2. The van der Waals surface area contributed by atoms with Crippen molar-refractivity contribution in [2.45, 2.75) is 77.1 Å². The largest absolute Gasteiger partial charge is 0.508 e. The van der Waals surface area contributed by atoms with E-state index in [9.17, 15) is 9.90 Å². The summed E-state index contributed by atoms with van der Waals surface area (Å²) in [6.45, 7) is 4.42. The minimum absolute atomic E-state index is 0.0465. The number of phenolic OH excluding ortho intramolecular Hbond substituents is 1. The Balaban J connectivity index is 1.11. The molecule has 4 unspecified atom stereocenters. The average molecular weight is 521 g/mol. The van der Waals surface area contributed by atoms with Gasteiger partial charge in [-0.25, -0.2) is 8.78 Å². The molecule has 2 saturated carbocycles. The number of nitrogens with one attached hydrogen (secondary N) is 2. The lowest BCUT2D eigenvalue weighted by Crippen LogP contribution is -2.47. The van der Waals surface area contributed by atoms with Crippen LogP contribution in [0, 0.1) is 30.1 Å². The third kappa shape index (κ3) is 4.11. The number of carbonyl (C=O) groups is 1. The third-order valence-corrected chi connectivity index (χ3v) is 10.3. The predicted octanol–water partition coefficient (Wildman–Crippen LogP) is 7.04. The van der Waals surface area contributed by atoms with Crippen molar-refractivity contribution in [3.63, 3.8) is 0 Å².